The first-order valence-corrected chi connectivity index (χ1v) is 13.7. The fourth-order valence-corrected chi connectivity index (χ4v) is 4.34. The number of halogens is 1. The molecule has 1 aromatic carbocycles. The summed E-state index contributed by atoms with van der Waals surface area (Å²) < 4.78 is 1.61. The van der Waals surface area contributed by atoms with E-state index in [1.54, 1.807) is 3.58 Å². The van der Waals surface area contributed by atoms with Crippen molar-refractivity contribution < 1.29 is 4.70 Å². The van der Waals surface area contributed by atoms with Crippen molar-refractivity contribution in [2.45, 2.75) is 14.8 Å². The summed E-state index contributed by atoms with van der Waals surface area (Å²) in [6, 6.07) is 10.9. The third-order valence-corrected chi connectivity index (χ3v) is 7.53. The van der Waals surface area contributed by atoms with Gasteiger partial charge in [0, 0.05) is 0 Å². The van der Waals surface area contributed by atoms with Crippen molar-refractivity contribution in [1.29, 1.82) is 0 Å². The first-order chi connectivity index (χ1) is 4.61. The van der Waals surface area contributed by atoms with Gasteiger partial charge < -0.3 is 0 Å². The van der Waals surface area contributed by atoms with Crippen LogP contribution >= 0.6 is 0 Å². The Balaban J connectivity index is 0.000001000. The molecule has 11 heavy (non-hydrogen) atoms. The summed E-state index contributed by atoms with van der Waals surface area (Å²) in [6.45, 7) is 0. The summed E-state index contributed by atoms with van der Waals surface area (Å²) in [6.07, 6.45) is 0. The number of hydrogen-bond donors (Lipinski definition) is 0. The van der Waals surface area contributed by atoms with E-state index in [9.17, 15) is 0 Å². The third kappa shape index (κ3) is 3.23. The summed E-state index contributed by atoms with van der Waals surface area (Å²) >= 11 is -1.71. The van der Waals surface area contributed by atoms with Crippen LogP contribution in [-0.2, 0) is 0 Å². The van der Waals surface area contributed by atoms with Crippen molar-refractivity contribution >= 4 is 22.0 Å². The molecule has 0 radical (unpaired) electrons. The third-order valence-electron chi connectivity index (χ3n) is 1.64. The number of hydrogen-bond acceptors (Lipinski definition) is 0. The molecule has 62 valence electrons. The van der Waals surface area contributed by atoms with Gasteiger partial charge in [0.2, 0.25) is 0 Å². The molecule has 0 saturated carbocycles. The van der Waals surface area contributed by atoms with Crippen LogP contribution in [0.3, 0.4) is 0 Å². The van der Waals surface area contributed by atoms with Gasteiger partial charge in [-0.1, -0.05) is 0 Å². The Morgan fingerprint density at radius 1 is 0.909 bits per heavy atom. The van der Waals surface area contributed by atoms with Crippen LogP contribution in [0.4, 0.5) is 4.70 Å². The molecule has 0 saturated heterocycles. The zero-order chi connectivity index (χ0) is 7.61. The summed E-state index contributed by atoms with van der Waals surface area (Å²) in [5.74, 6) is 0. The molecule has 0 aliphatic rings. The van der Waals surface area contributed by atoms with Gasteiger partial charge in [-0.2, -0.15) is 0 Å². The predicted molar refractivity (Wildman–Crippen MR) is 51.9 cm³/mol. The molecule has 0 heterocycles. The average Bonchev–Trinajstić information content (AvgIpc) is 1.88. The van der Waals surface area contributed by atoms with Gasteiger partial charge in [-0.15, -0.1) is 0 Å². The second kappa shape index (κ2) is 4.09. The van der Waals surface area contributed by atoms with Gasteiger partial charge in [-0.05, 0) is 0 Å². The molecule has 0 bridgehead atoms. The summed E-state index contributed by atoms with van der Waals surface area (Å²) in [7, 11) is 0. The molecule has 1 rings (SSSR count). The van der Waals surface area contributed by atoms with E-state index in [2.05, 4.69) is 45.2 Å². The Labute approximate surface area is 71.9 Å². The van der Waals surface area contributed by atoms with Crippen LogP contribution in [0.2, 0.25) is 14.8 Å². The van der Waals surface area contributed by atoms with Gasteiger partial charge >= 0.3 is 67.1 Å². The van der Waals surface area contributed by atoms with Crippen molar-refractivity contribution in [2.24, 2.45) is 0 Å². The fourth-order valence-electron chi connectivity index (χ4n) is 0.938. The molecule has 0 aliphatic carbocycles. The standard InChI is InChI=1S/C6H5.3CH3.FH.Sn/c1-2-4-6-5-3-1;;;;;/h1-5H;3*1H3;1H;. The van der Waals surface area contributed by atoms with Crippen LogP contribution < -0.4 is 3.58 Å². The van der Waals surface area contributed by atoms with Crippen LogP contribution in [0.15, 0.2) is 30.3 Å². The Hall–Kier alpha value is -0.0513. The number of benzene rings is 1. The minimum atomic E-state index is -1.71. The summed E-state index contributed by atoms with van der Waals surface area (Å²) in [5, 5.41) is 0. The second-order valence-electron chi connectivity index (χ2n) is 3.62. The molecule has 0 amide bonds. The van der Waals surface area contributed by atoms with Crippen LogP contribution in [0.25, 0.3) is 0 Å². The van der Waals surface area contributed by atoms with Crippen molar-refractivity contribution in [1.82, 2.24) is 0 Å². The van der Waals surface area contributed by atoms with Gasteiger partial charge in [-0.25, -0.2) is 0 Å². The summed E-state index contributed by atoms with van der Waals surface area (Å²) in [5.41, 5.74) is 0. The molecule has 0 aromatic heterocycles. The maximum absolute atomic E-state index is 2.43. The Morgan fingerprint density at radius 3 is 1.64 bits per heavy atom. The zero-order valence-electron chi connectivity index (χ0n) is 7.29. The van der Waals surface area contributed by atoms with Crippen LogP contribution in [0.5, 0.6) is 0 Å². The molecule has 0 nitrogen and oxygen atoms in total. The molecule has 0 aliphatic heterocycles. The van der Waals surface area contributed by atoms with Crippen LogP contribution in [-0.4, -0.2) is 18.4 Å². The Bertz CT molecular complexity index is 201. The van der Waals surface area contributed by atoms with E-state index in [1.807, 2.05) is 0 Å². The monoisotopic (exact) mass is 262 g/mol. The first kappa shape index (κ1) is 10.9. The predicted octanol–water partition coefficient (Wildman–Crippen LogP) is 2.38. The molecule has 0 spiro atoms. The quantitative estimate of drug-likeness (QED) is 0.681. The molecular formula is C9H15FSn. The van der Waals surface area contributed by atoms with Crippen LogP contribution in [0, 0.1) is 0 Å². The Kier molecular flexibility index (Phi) is 4.08. The van der Waals surface area contributed by atoms with E-state index in [0.29, 0.717) is 0 Å². The van der Waals surface area contributed by atoms with E-state index in [4.69, 9.17) is 0 Å². The molecule has 0 fully saturated rings. The Morgan fingerprint density at radius 2 is 1.36 bits per heavy atom. The minimum absolute atomic E-state index is 0. The van der Waals surface area contributed by atoms with E-state index < -0.39 is 18.4 Å². The van der Waals surface area contributed by atoms with Crippen molar-refractivity contribution in [3.05, 3.63) is 30.3 Å². The molecule has 0 atom stereocenters. The maximum atomic E-state index is 2.43. The van der Waals surface area contributed by atoms with Gasteiger partial charge in [0.25, 0.3) is 0 Å². The van der Waals surface area contributed by atoms with E-state index in [1.165, 1.54) is 0 Å². The van der Waals surface area contributed by atoms with Crippen molar-refractivity contribution in [2.75, 3.05) is 0 Å². The van der Waals surface area contributed by atoms with Crippen molar-refractivity contribution in [3.63, 3.8) is 0 Å². The fraction of sp³-hybridized carbons (Fsp3) is 0.333. The normalized spacial score (nSPS) is 10.5. The first-order valence-electron chi connectivity index (χ1n) is 3.66. The summed E-state index contributed by atoms with van der Waals surface area (Å²) in [4.78, 5) is 7.30. The SMILES string of the molecule is F.[CH3][Sn]([CH3])([CH3])[c]1ccccc1. The van der Waals surface area contributed by atoms with Crippen molar-refractivity contribution in [3.8, 4) is 0 Å². The molecular weight excluding hydrogens is 246 g/mol. The van der Waals surface area contributed by atoms with Gasteiger partial charge in [0.15, 0.2) is 0 Å². The second-order valence-corrected chi connectivity index (χ2v) is 18.1. The molecule has 0 unspecified atom stereocenters. The molecule has 1 aromatic rings. The van der Waals surface area contributed by atoms with E-state index >= 15 is 0 Å². The zero-order valence-corrected chi connectivity index (χ0v) is 10.1. The van der Waals surface area contributed by atoms with Crippen LogP contribution in [0.1, 0.15) is 0 Å². The van der Waals surface area contributed by atoms with E-state index in [-0.39, 0.29) is 4.70 Å². The average molecular weight is 261 g/mol. The molecule has 0 N–H and O–H groups in total. The molecule has 2 heteroatoms. The van der Waals surface area contributed by atoms with Gasteiger partial charge in [0.1, 0.15) is 0 Å². The number of rotatable bonds is 1. The topological polar surface area (TPSA) is 0 Å². The van der Waals surface area contributed by atoms with Gasteiger partial charge in [0.05, 0.1) is 0 Å². The van der Waals surface area contributed by atoms with Gasteiger partial charge in [-0.3, -0.25) is 4.70 Å². The van der Waals surface area contributed by atoms with E-state index in [0.717, 1.165) is 0 Å².